The third kappa shape index (κ3) is 2.45. The average molecular weight is 389 g/mol. The molecular weight excluding hydrogens is 374 g/mol. The minimum Gasteiger partial charge on any atom is -0.383 e. The maximum atomic E-state index is 14.7. The van der Waals surface area contributed by atoms with Crippen LogP contribution in [0.3, 0.4) is 0 Å². The standard InChI is InChI=1S/C19H15ClF2N4O/c20-15-14(21)2-1-11(16(15)22)12-3-10(26-5-19(6-26)7-27-8-19)4-13-17(12)24-9-25-18(13)23/h1-4,9H,5-8H2,(H2,23,24,25). The summed E-state index contributed by atoms with van der Waals surface area (Å²) in [6, 6.07) is 6.26. The van der Waals surface area contributed by atoms with Crippen molar-refractivity contribution in [1.82, 2.24) is 9.97 Å². The van der Waals surface area contributed by atoms with Gasteiger partial charge in [0.1, 0.15) is 23.0 Å². The molecule has 138 valence electrons. The number of fused-ring (bicyclic) bond motifs is 1. The highest BCUT2D eigenvalue weighted by Gasteiger charge is 2.49. The summed E-state index contributed by atoms with van der Waals surface area (Å²) in [5.41, 5.74) is 8.32. The summed E-state index contributed by atoms with van der Waals surface area (Å²) in [7, 11) is 0. The van der Waals surface area contributed by atoms with Gasteiger partial charge in [0.15, 0.2) is 5.82 Å². The Hall–Kier alpha value is -2.51. The Labute approximate surface area is 158 Å². The SMILES string of the molecule is Nc1ncnc2c(-c3ccc(F)c(Cl)c3F)cc(N3CC4(COC4)C3)cc12. The van der Waals surface area contributed by atoms with E-state index in [4.69, 9.17) is 22.1 Å². The molecule has 2 aliphatic rings. The minimum absolute atomic E-state index is 0.175. The molecule has 0 bridgehead atoms. The van der Waals surface area contributed by atoms with Crippen LogP contribution in [-0.4, -0.2) is 36.3 Å². The first kappa shape index (κ1) is 16.6. The van der Waals surface area contributed by atoms with Crippen molar-refractivity contribution in [2.24, 2.45) is 5.41 Å². The van der Waals surface area contributed by atoms with E-state index >= 15 is 0 Å². The van der Waals surface area contributed by atoms with Crippen LogP contribution in [0.4, 0.5) is 20.3 Å². The first-order valence-corrected chi connectivity index (χ1v) is 8.86. The van der Waals surface area contributed by atoms with Crippen molar-refractivity contribution in [1.29, 1.82) is 0 Å². The van der Waals surface area contributed by atoms with E-state index in [9.17, 15) is 8.78 Å². The highest BCUT2D eigenvalue weighted by Crippen LogP contribution is 2.43. The Balaban J connectivity index is 1.69. The molecule has 0 aliphatic carbocycles. The third-order valence-corrected chi connectivity index (χ3v) is 5.66. The van der Waals surface area contributed by atoms with Crippen molar-refractivity contribution in [3.8, 4) is 11.1 Å². The predicted octanol–water partition coefficient (Wildman–Crippen LogP) is 3.65. The molecule has 0 atom stereocenters. The van der Waals surface area contributed by atoms with Gasteiger partial charge in [-0.1, -0.05) is 11.6 Å². The molecule has 27 heavy (non-hydrogen) atoms. The van der Waals surface area contributed by atoms with Gasteiger partial charge in [0.05, 0.1) is 24.1 Å². The number of anilines is 2. The van der Waals surface area contributed by atoms with Gasteiger partial charge in [0.25, 0.3) is 0 Å². The molecule has 5 nitrogen and oxygen atoms in total. The van der Waals surface area contributed by atoms with E-state index in [0.29, 0.717) is 22.3 Å². The number of nitrogens with zero attached hydrogens (tertiary/aromatic N) is 3. The van der Waals surface area contributed by atoms with Crippen molar-refractivity contribution in [2.45, 2.75) is 0 Å². The van der Waals surface area contributed by atoms with Gasteiger partial charge in [-0.25, -0.2) is 18.7 Å². The largest absolute Gasteiger partial charge is 0.383 e. The lowest BCUT2D eigenvalue weighted by molar-refractivity contribution is -0.127. The number of nitrogens with two attached hydrogens (primary N) is 1. The third-order valence-electron chi connectivity index (χ3n) is 5.31. The Kier molecular flexibility index (Phi) is 3.54. The van der Waals surface area contributed by atoms with Crippen LogP contribution in [0.25, 0.3) is 22.0 Å². The van der Waals surface area contributed by atoms with Crippen LogP contribution in [0.15, 0.2) is 30.6 Å². The second kappa shape index (κ2) is 5.74. The number of hydrogen-bond acceptors (Lipinski definition) is 5. The molecule has 0 amide bonds. The van der Waals surface area contributed by atoms with Crippen molar-refractivity contribution < 1.29 is 13.5 Å². The summed E-state index contributed by atoms with van der Waals surface area (Å²) in [4.78, 5) is 10.5. The number of benzene rings is 2. The number of ether oxygens (including phenoxy) is 1. The molecule has 2 aliphatic heterocycles. The van der Waals surface area contributed by atoms with E-state index in [1.165, 1.54) is 12.4 Å². The van der Waals surface area contributed by atoms with E-state index in [1.807, 2.05) is 12.1 Å². The summed E-state index contributed by atoms with van der Waals surface area (Å²) >= 11 is 5.79. The molecule has 0 unspecified atom stereocenters. The maximum Gasteiger partial charge on any atom is 0.152 e. The zero-order valence-electron chi connectivity index (χ0n) is 14.2. The Morgan fingerprint density at radius 1 is 1.11 bits per heavy atom. The van der Waals surface area contributed by atoms with Gasteiger partial charge in [-0.05, 0) is 24.3 Å². The van der Waals surface area contributed by atoms with Gasteiger partial charge in [-0.2, -0.15) is 0 Å². The zero-order chi connectivity index (χ0) is 18.8. The summed E-state index contributed by atoms with van der Waals surface area (Å²) in [5, 5.41) is 0.0817. The van der Waals surface area contributed by atoms with Gasteiger partial charge in [-0.3, -0.25) is 0 Å². The molecule has 5 rings (SSSR count). The molecule has 2 aromatic carbocycles. The average Bonchev–Trinajstić information content (AvgIpc) is 2.58. The zero-order valence-corrected chi connectivity index (χ0v) is 14.9. The second-order valence-electron chi connectivity index (χ2n) is 7.22. The van der Waals surface area contributed by atoms with Gasteiger partial charge < -0.3 is 15.4 Å². The first-order chi connectivity index (χ1) is 13.0. The first-order valence-electron chi connectivity index (χ1n) is 8.48. The monoisotopic (exact) mass is 388 g/mol. The molecule has 8 heteroatoms. The number of hydrogen-bond donors (Lipinski definition) is 1. The van der Waals surface area contributed by atoms with Crippen molar-refractivity contribution in [2.75, 3.05) is 36.9 Å². The summed E-state index contributed by atoms with van der Waals surface area (Å²) < 4.78 is 33.7. The molecule has 1 spiro atoms. The second-order valence-corrected chi connectivity index (χ2v) is 7.60. The Morgan fingerprint density at radius 2 is 1.89 bits per heavy atom. The number of nitrogen functional groups attached to an aromatic ring is 1. The highest BCUT2D eigenvalue weighted by atomic mass is 35.5. The fourth-order valence-corrected chi connectivity index (χ4v) is 3.98. The van der Waals surface area contributed by atoms with Crippen molar-refractivity contribution in [3.05, 3.63) is 47.2 Å². The van der Waals surface area contributed by atoms with E-state index in [-0.39, 0.29) is 11.0 Å². The Bertz CT molecular complexity index is 1080. The molecular formula is C19H15ClF2N4O. The normalized spacial score (nSPS) is 17.8. The predicted molar refractivity (Wildman–Crippen MR) is 99.8 cm³/mol. The molecule has 2 N–H and O–H groups in total. The summed E-state index contributed by atoms with van der Waals surface area (Å²) in [5.74, 6) is -1.32. The van der Waals surface area contributed by atoms with Crippen LogP contribution in [0, 0.1) is 17.0 Å². The van der Waals surface area contributed by atoms with Crippen LogP contribution >= 0.6 is 11.6 Å². The molecule has 2 fully saturated rings. The molecule has 2 saturated heterocycles. The van der Waals surface area contributed by atoms with E-state index < -0.39 is 16.7 Å². The van der Waals surface area contributed by atoms with Crippen LogP contribution < -0.4 is 10.6 Å². The lowest BCUT2D eigenvalue weighted by atomic mass is 9.77. The van der Waals surface area contributed by atoms with E-state index in [2.05, 4.69) is 14.9 Å². The molecule has 3 heterocycles. The van der Waals surface area contributed by atoms with Gasteiger partial charge in [-0.15, -0.1) is 0 Å². The van der Waals surface area contributed by atoms with Gasteiger partial charge >= 0.3 is 0 Å². The number of halogens is 3. The number of aromatic nitrogens is 2. The lowest BCUT2D eigenvalue weighted by Gasteiger charge is -2.56. The van der Waals surface area contributed by atoms with Crippen LogP contribution in [-0.2, 0) is 4.74 Å². The fourth-order valence-electron chi connectivity index (χ4n) is 3.81. The highest BCUT2D eigenvalue weighted by molar-refractivity contribution is 6.31. The minimum atomic E-state index is -0.820. The Morgan fingerprint density at radius 3 is 2.59 bits per heavy atom. The molecule has 0 saturated carbocycles. The fraction of sp³-hybridized carbons (Fsp3) is 0.263. The maximum absolute atomic E-state index is 14.7. The molecule has 3 aromatic rings. The number of rotatable bonds is 2. The van der Waals surface area contributed by atoms with Crippen LogP contribution in [0.2, 0.25) is 5.02 Å². The van der Waals surface area contributed by atoms with E-state index in [0.717, 1.165) is 38.1 Å². The lowest BCUT2D eigenvalue weighted by Crippen LogP contribution is -2.66. The molecule has 1 aromatic heterocycles. The smallest absolute Gasteiger partial charge is 0.152 e. The summed E-state index contributed by atoms with van der Waals surface area (Å²) in [6.07, 6.45) is 1.33. The van der Waals surface area contributed by atoms with Crippen LogP contribution in [0.1, 0.15) is 0 Å². The van der Waals surface area contributed by atoms with E-state index in [1.54, 1.807) is 0 Å². The topological polar surface area (TPSA) is 64.3 Å². The van der Waals surface area contributed by atoms with Crippen molar-refractivity contribution in [3.63, 3.8) is 0 Å². The van der Waals surface area contributed by atoms with Crippen LogP contribution in [0.5, 0.6) is 0 Å². The quantitative estimate of drug-likeness (QED) is 0.679. The van der Waals surface area contributed by atoms with Gasteiger partial charge in [0.2, 0.25) is 0 Å². The van der Waals surface area contributed by atoms with Crippen molar-refractivity contribution >= 4 is 34.0 Å². The summed E-state index contributed by atoms with van der Waals surface area (Å²) in [6.45, 7) is 3.24. The molecule has 0 radical (unpaired) electrons. The van der Waals surface area contributed by atoms with Gasteiger partial charge in [0, 0.05) is 35.3 Å².